The highest BCUT2D eigenvalue weighted by molar-refractivity contribution is 7.09. The summed E-state index contributed by atoms with van der Waals surface area (Å²) < 4.78 is 0. The molecule has 2 heterocycles. The van der Waals surface area contributed by atoms with Crippen molar-refractivity contribution < 1.29 is 0 Å². The fourth-order valence-corrected chi connectivity index (χ4v) is 2.99. The molecule has 0 bridgehead atoms. The van der Waals surface area contributed by atoms with Gasteiger partial charge in [-0.2, -0.15) is 0 Å². The lowest BCUT2D eigenvalue weighted by Gasteiger charge is -2.32. The number of nitrogens with zero attached hydrogens (tertiary/aromatic N) is 2. The van der Waals surface area contributed by atoms with E-state index in [1.807, 2.05) is 11.7 Å². The Bertz CT molecular complexity index is 304. The Morgan fingerprint density at radius 3 is 2.82 bits per heavy atom. The highest BCUT2D eigenvalue weighted by Crippen LogP contribution is 2.18. The smallest absolute Gasteiger partial charge is 0.0794 e. The molecule has 0 amide bonds. The number of piperidine rings is 1. The van der Waals surface area contributed by atoms with E-state index in [1.54, 1.807) is 11.3 Å². The van der Waals surface area contributed by atoms with Gasteiger partial charge in [0.15, 0.2) is 0 Å². The van der Waals surface area contributed by atoms with E-state index in [9.17, 15) is 0 Å². The van der Waals surface area contributed by atoms with Gasteiger partial charge in [-0.05, 0) is 45.7 Å². The van der Waals surface area contributed by atoms with Crippen LogP contribution in [-0.4, -0.2) is 35.6 Å². The van der Waals surface area contributed by atoms with Crippen LogP contribution in [0, 0.1) is 5.92 Å². The molecule has 0 aromatic carbocycles. The maximum atomic E-state index is 4.16. The highest BCUT2D eigenvalue weighted by Gasteiger charge is 2.19. The molecule has 0 atom stereocenters. The lowest BCUT2D eigenvalue weighted by atomic mass is 9.97. The van der Waals surface area contributed by atoms with Crippen LogP contribution in [0.3, 0.4) is 0 Å². The molecule has 1 aromatic rings. The van der Waals surface area contributed by atoms with Crippen molar-refractivity contribution in [1.29, 1.82) is 0 Å². The van der Waals surface area contributed by atoms with Crippen molar-refractivity contribution in [2.45, 2.75) is 39.3 Å². The zero-order valence-electron chi connectivity index (χ0n) is 10.9. The summed E-state index contributed by atoms with van der Waals surface area (Å²) in [5.74, 6) is 0.867. The molecule has 96 valence electrons. The minimum Gasteiger partial charge on any atom is -0.317 e. The highest BCUT2D eigenvalue weighted by atomic mass is 32.1. The van der Waals surface area contributed by atoms with E-state index in [-0.39, 0.29) is 0 Å². The molecule has 3 nitrogen and oxygen atoms in total. The second kappa shape index (κ2) is 6.47. The normalized spacial score (nSPS) is 18.1. The molecule has 2 rings (SSSR count). The van der Waals surface area contributed by atoms with Crippen LogP contribution < -0.4 is 5.32 Å². The van der Waals surface area contributed by atoms with E-state index in [2.05, 4.69) is 29.0 Å². The molecule has 1 saturated heterocycles. The fourth-order valence-electron chi connectivity index (χ4n) is 2.37. The molecule has 0 saturated carbocycles. The lowest BCUT2D eigenvalue weighted by Crippen LogP contribution is -2.38. The Hall–Kier alpha value is -0.450. The fraction of sp³-hybridized carbons (Fsp3) is 0.769. The van der Waals surface area contributed by atoms with Gasteiger partial charge in [0.2, 0.25) is 0 Å². The summed E-state index contributed by atoms with van der Waals surface area (Å²) in [6.07, 6.45) is 4.65. The van der Waals surface area contributed by atoms with E-state index in [4.69, 9.17) is 0 Å². The standard InChI is InChI=1S/C13H23N3S/c1-11(2)16(9-13-7-15-10-17-13)8-12-3-5-14-6-4-12/h7,10-12,14H,3-6,8-9H2,1-2H3. The maximum absolute atomic E-state index is 4.16. The van der Waals surface area contributed by atoms with Crippen LogP contribution >= 0.6 is 11.3 Å². The summed E-state index contributed by atoms with van der Waals surface area (Å²) in [5, 5.41) is 3.44. The first-order chi connectivity index (χ1) is 8.25. The van der Waals surface area contributed by atoms with Gasteiger partial charge in [-0.15, -0.1) is 11.3 Å². The number of hydrogen-bond acceptors (Lipinski definition) is 4. The van der Waals surface area contributed by atoms with Crippen LogP contribution in [-0.2, 0) is 6.54 Å². The molecule has 0 radical (unpaired) electrons. The van der Waals surface area contributed by atoms with Crippen molar-refractivity contribution in [2.24, 2.45) is 5.92 Å². The van der Waals surface area contributed by atoms with Gasteiger partial charge in [-0.25, -0.2) is 0 Å². The third kappa shape index (κ3) is 4.05. The zero-order valence-corrected chi connectivity index (χ0v) is 11.7. The second-order valence-corrected chi connectivity index (χ2v) is 6.16. The first kappa shape index (κ1) is 13.0. The Kier molecular flexibility index (Phi) is 4.95. The van der Waals surface area contributed by atoms with Gasteiger partial charge in [0.25, 0.3) is 0 Å². The molecular weight excluding hydrogens is 230 g/mol. The monoisotopic (exact) mass is 253 g/mol. The van der Waals surface area contributed by atoms with E-state index < -0.39 is 0 Å². The molecule has 4 heteroatoms. The summed E-state index contributed by atoms with van der Waals surface area (Å²) in [5.41, 5.74) is 1.93. The van der Waals surface area contributed by atoms with E-state index in [0.29, 0.717) is 6.04 Å². The molecule has 1 aliphatic rings. The van der Waals surface area contributed by atoms with Gasteiger partial charge >= 0.3 is 0 Å². The Morgan fingerprint density at radius 2 is 2.24 bits per heavy atom. The third-order valence-electron chi connectivity index (χ3n) is 3.52. The van der Waals surface area contributed by atoms with Gasteiger partial charge in [-0.3, -0.25) is 9.88 Å². The Balaban J connectivity index is 1.87. The minimum absolute atomic E-state index is 0.618. The summed E-state index contributed by atoms with van der Waals surface area (Å²) >= 11 is 1.77. The zero-order chi connectivity index (χ0) is 12.1. The average molecular weight is 253 g/mol. The third-order valence-corrected chi connectivity index (χ3v) is 4.29. The van der Waals surface area contributed by atoms with Crippen LogP contribution in [0.5, 0.6) is 0 Å². The molecule has 1 aliphatic heterocycles. The van der Waals surface area contributed by atoms with E-state index in [0.717, 1.165) is 12.5 Å². The molecule has 0 unspecified atom stereocenters. The predicted molar refractivity (Wildman–Crippen MR) is 73.3 cm³/mol. The molecular formula is C13H23N3S. The number of nitrogens with one attached hydrogen (secondary N) is 1. The van der Waals surface area contributed by atoms with Crippen molar-refractivity contribution in [3.63, 3.8) is 0 Å². The average Bonchev–Trinajstić information content (AvgIpc) is 2.82. The molecule has 0 spiro atoms. The molecule has 1 fully saturated rings. The molecule has 1 N–H and O–H groups in total. The van der Waals surface area contributed by atoms with Gasteiger partial charge in [-0.1, -0.05) is 0 Å². The lowest BCUT2D eigenvalue weighted by molar-refractivity contribution is 0.163. The summed E-state index contributed by atoms with van der Waals surface area (Å²) in [4.78, 5) is 8.13. The van der Waals surface area contributed by atoms with E-state index in [1.165, 1.54) is 37.4 Å². The number of rotatable bonds is 5. The number of aromatic nitrogens is 1. The second-order valence-electron chi connectivity index (χ2n) is 5.18. The number of hydrogen-bond donors (Lipinski definition) is 1. The van der Waals surface area contributed by atoms with Crippen LogP contribution in [0.4, 0.5) is 0 Å². The van der Waals surface area contributed by atoms with Crippen LogP contribution in [0.1, 0.15) is 31.6 Å². The van der Waals surface area contributed by atoms with Gasteiger partial charge < -0.3 is 5.32 Å². The molecule has 0 aliphatic carbocycles. The largest absolute Gasteiger partial charge is 0.317 e. The molecule has 17 heavy (non-hydrogen) atoms. The summed E-state index contributed by atoms with van der Waals surface area (Å²) in [6, 6.07) is 0.618. The van der Waals surface area contributed by atoms with Gasteiger partial charge in [0.05, 0.1) is 5.51 Å². The van der Waals surface area contributed by atoms with Crippen LogP contribution in [0.15, 0.2) is 11.7 Å². The first-order valence-electron chi connectivity index (χ1n) is 6.58. The topological polar surface area (TPSA) is 28.2 Å². The van der Waals surface area contributed by atoms with Crippen molar-refractivity contribution in [3.05, 3.63) is 16.6 Å². The number of thiazole rings is 1. The van der Waals surface area contributed by atoms with Gasteiger partial charge in [0.1, 0.15) is 0 Å². The van der Waals surface area contributed by atoms with Crippen LogP contribution in [0.2, 0.25) is 0 Å². The Labute approximate surface area is 108 Å². The summed E-state index contributed by atoms with van der Waals surface area (Å²) in [6.45, 7) is 9.27. The maximum Gasteiger partial charge on any atom is 0.0794 e. The van der Waals surface area contributed by atoms with E-state index >= 15 is 0 Å². The van der Waals surface area contributed by atoms with Gasteiger partial charge in [0, 0.05) is 30.2 Å². The van der Waals surface area contributed by atoms with Crippen LogP contribution in [0.25, 0.3) is 0 Å². The molecule has 1 aromatic heterocycles. The van der Waals surface area contributed by atoms with Crippen molar-refractivity contribution in [1.82, 2.24) is 15.2 Å². The Morgan fingerprint density at radius 1 is 1.47 bits per heavy atom. The SMILES string of the molecule is CC(C)N(Cc1cncs1)CC1CCNCC1. The summed E-state index contributed by atoms with van der Waals surface area (Å²) in [7, 11) is 0. The van der Waals surface area contributed by atoms with Crippen molar-refractivity contribution >= 4 is 11.3 Å². The quantitative estimate of drug-likeness (QED) is 0.873. The first-order valence-corrected chi connectivity index (χ1v) is 7.46. The predicted octanol–water partition coefficient (Wildman–Crippen LogP) is 2.35. The van der Waals surface area contributed by atoms with Crippen molar-refractivity contribution in [2.75, 3.05) is 19.6 Å². The van der Waals surface area contributed by atoms with Crippen molar-refractivity contribution in [3.8, 4) is 0 Å². The minimum atomic E-state index is 0.618.